The summed E-state index contributed by atoms with van der Waals surface area (Å²) in [5, 5.41) is 3.62. The van der Waals surface area contributed by atoms with E-state index < -0.39 is 17.7 Å². The molecule has 1 saturated heterocycles. The number of nitrogens with one attached hydrogen (secondary N) is 1. The van der Waals surface area contributed by atoms with E-state index >= 15 is 0 Å². The van der Waals surface area contributed by atoms with Gasteiger partial charge in [0.1, 0.15) is 11.6 Å². The number of rotatable bonds is 3. The van der Waals surface area contributed by atoms with Crippen LogP contribution >= 0.6 is 11.6 Å². The molecular weight excluding hydrogens is 376 g/mol. The van der Waals surface area contributed by atoms with Gasteiger partial charge in [-0.2, -0.15) is 0 Å². The molecule has 0 radical (unpaired) electrons. The molecule has 148 valence electrons. The van der Waals surface area contributed by atoms with Gasteiger partial charge in [0.2, 0.25) is 5.91 Å². The highest BCUT2D eigenvalue weighted by Crippen LogP contribution is 2.26. The van der Waals surface area contributed by atoms with Crippen molar-refractivity contribution in [2.75, 3.05) is 11.9 Å². The molecule has 1 heterocycles. The van der Waals surface area contributed by atoms with Crippen LogP contribution in [0.1, 0.15) is 33.6 Å². The summed E-state index contributed by atoms with van der Waals surface area (Å²) >= 11 is 5.95. The first-order chi connectivity index (χ1) is 13.2. The second kappa shape index (κ2) is 8.23. The van der Waals surface area contributed by atoms with Crippen molar-refractivity contribution in [2.24, 2.45) is 0 Å². The molecular formula is C22H25ClN2O3. The van der Waals surface area contributed by atoms with Crippen LogP contribution in [-0.2, 0) is 9.53 Å². The minimum Gasteiger partial charge on any atom is -0.444 e. The number of halogens is 1. The van der Waals surface area contributed by atoms with Gasteiger partial charge in [-0.15, -0.1) is 0 Å². The zero-order valence-electron chi connectivity index (χ0n) is 16.4. The van der Waals surface area contributed by atoms with E-state index in [-0.39, 0.29) is 5.91 Å². The van der Waals surface area contributed by atoms with Crippen molar-refractivity contribution in [3.05, 3.63) is 53.6 Å². The van der Waals surface area contributed by atoms with E-state index in [4.69, 9.17) is 16.3 Å². The van der Waals surface area contributed by atoms with E-state index in [1.807, 2.05) is 69.3 Å². The fourth-order valence-electron chi connectivity index (χ4n) is 3.22. The Balaban J connectivity index is 1.71. The van der Waals surface area contributed by atoms with Gasteiger partial charge in [-0.1, -0.05) is 35.9 Å². The fourth-order valence-corrected chi connectivity index (χ4v) is 3.35. The number of hydrogen-bond acceptors (Lipinski definition) is 3. The topological polar surface area (TPSA) is 58.6 Å². The van der Waals surface area contributed by atoms with E-state index in [1.54, 1.807) is 0 Å². The standard InChI is InChI=1S/C22H25ClN2O3/c1-22(2,3)28-21(27)25-13-5-8-19(25)20(26)24-18-7-4-6-16(14-18)15-9-11-17(23)12-10-15/h4,6-7,9-12,14,19H,5,8,13H2,1-3H3,(H,24,26). The molecule has 2 aromatic rings. The summed E-state index contributed by atoms with van der Waals surface area (Å²) in [6.07, 6.45) is 0.962. The number of hydrogen-bond donors (Lipinski definition) is 1. The van der Waals surface area contributed by atoms with Crippen molar-refractivity contribution in [3.8, 4) is 11.1 Å². The van der Waals surface area contributed by atoms with Crippen molar-refractivity contribution in [3.63, 3.8) is 0 Å². The molecule has 5 nitrogen and oxygen atoms in total. The Kier molecular flexibility index (Phi) is 5.94. The van der Waals surface area contributed by atoms with Gasteiger partial charge < -0.3 is 10.1 Å². The van der Waals surface area contributed by atoms with E-state index in [9.17, 15) is 9.59 Å². The number of carbonyl (C=O) groups is 2. The number of ether oxygens (including phenoxy) is 1. The highest BCUT2D eigenvalue weighted by Gasteiger charge is 2.36. The fraction of sp³-hybridized carbons (Fsp3) is 0.364. The van der Waals surface area contributed by atoms with E-state index in [0.29, 0.717) is 23.7 Å². The number of anilines is 1. The number of carbonyl (C=O) groups excluding carboxylic acids is 2. The molecule has 1 unspecified atom stereocenters. The SMILES string of the molecule is CC(C)(C)OC(=O)N1CCCC1C(=O)Nc1cccc(-c2ccc(Cl)cc2)c1. The Labute approximate surface area is 170 Å². The molecule has 2 amide bonds. The third-order valence-electron chi connectivity index (χ3n) is 4.49. The van der Waals surface area contributed by atoms with Crippen LogP contribution < -0.4 is 5.32 Å². The molecule has 0 saturated carbocycles. The molecule has 1 aliphatic heterocycles. The summed E-state index contributed by atoms with van der Waals surface area (Å²) in [5.74, 6) is -0.198. The number of amides is 2. The lowest BCUT2D eigenvalue weighted by molar-refractivity contribution is -0.120. The van der Waals surface area contributed by atoms with E-state index in [2.05, 4.69) is 5.32 Å². The second-order valence-corrected chi connectivity index (χ2v) is 8.35. The van der Waals surface area contributed by atoms with Crippen LogP contribution in [0, 0.1) is 0 Å². The summed E-state index contributed by atoms with van der Waals surface area (Å²) < 4.78 is 5.44. The molecule has 1 atom stereocenters. The van der Waals surface area contributed by atoms with Gasteiger partial charge in [0.25, 0.3) is 0 Å². The molecule has 1 fully saturated rings. The molecule has 0 spiro atoms. The largest absolute Gasteiger partial charge is 0.444 e. The summed E-state index contributed by atoms with van der Waals surface area (Å²) in [5.41, 5.74) is 2.09. The molecule has 0 aliphatic carbocycles. The third kappa shape index (κ3) is 5.04. The number of likely N-dealkylation sites (tertiary alicyclic amines) is 1. The smallest absolute Gasteiger partial charge is 0.410 e. The lowest BCUT2D eigenvalue weighted by Crippen LogP contribution is -2.45. The lowest BCUT2D eigenvalue weighted by Gasteiger charge is -2.28. The van der Waals surface area contributed by atoms with Gasteiger partial charge in [-0.3, -0.25) is 9.69 Å². The van der Waals surface area contributed by atoms with Crippen LogP contribution in [0.2, 0.25) is 5.02 Å². The first kappa shape index (κ1) is 20.2. The summed E-state index contributed by atoms with van der Waals surface area (Å²) in [6.45, 7) is 5.98. The Morgan fingerprint density at radius 3 is 2.50 bits per heavy atom. The van der Waals surface area contributed by atoms with E-state index in [0.717, 1.165) is 17.5 Å². The Hall–Kier alpha value is -2.53. The number of benzene rings is 2. The lowest BCUT2D eigenvalue weighted by atomic mass is 10.1. The average Bonchev–Trinajstić information content (AvgIpc) is 3.11. The summed E-state index contributed by atoms with van der Waals surface area (Å²) in [7, 11) is 0. The molecule has 6 heteroatoms. The highest BCUT2D eigenvalue weighted by molar-refractivity contribution is 6.30. The van der Waals surface area contributed by atoms with Crippen molar-refractivity contribution >= 4 is 29.3 Å². The maximum atomic E-state index is 12.8. The van der Waals surface area contributed by atoms with Crippen molar-refractivity contribution < 1.29 is 14.3 Å². The molecule has 0 bridgehead atoms. The highest BCUT2D eigenvalue weighted by atomic mass is 35.5. The third-order valence-corrected chi connectivity index (χ3v) is 4.74. The Morgan fingerprint density at radius 2 is 1.82 bits per heavy atom. The van der Waals surface area contributed by atoms with Gasteiger partial charge >= 0.3 is 6.09 Å². The minimum atomic E-state index is -0.590. The first-order valence-electron chi connectivity index (χ1n) is 9.39. The van der Waals surface area contributed by atoms with Crippen molar-refractivity contribution in [1.82, 2.24) is 4.90 Å². The van der Waals surface area contributed by atoms with Crippen molar-refractivity contribution in [1.29, 1.82) is 0 Å². The number of nitrogens with zero attached hydrogens (tertiary/aromatic N) is 1. The van der Waals surface area contributed by atoms with Crippen LogP contribution in [0.5, 0.6) is 0 Å². The Morgan fingerprint density at radius 1 is 1.11 bits per heavy atom. The molecule has 1 aliphatic rings. The average molecular weight is 401 g/mol. The van der Waals surface area contributed by atoms with Crippen LogP contribution in [0.25, 0.3) is 11.1 Å². The normalized spacial score (nSPS) is 16.7. The van der Waals surface area contributed by atoms with Crippen LogP contribution in [0.3, 0.4) is 0 Å². The zero-order chi connectivity index (χ0) is 20.3. The maximum absolute atomic E-state index is 12.8. The summed E-state index contributed by atoms with van der Waals surface area (Å²) in [4.78, 5) is 26.7. The van der Waals surface area contributed by atoms with Gasteiger partial charge in [0, 0.05) is 17.3 Å². The van der Waals surface area contributed by atoms with E-state index in [1.165, 1.54) is 4.90 Å². The van der Waals surface area contributed by atoms with Gasteiger partial charge in [0.15, 0.2) is 0 Å². The molecule has 0 aromatic heterocycles. The van der Waals surface area contributed by atoms with Gasteiger partial charge in [0.05, 0.1) is 0 Å². The zero-order valence-corrected chi connectivity index (χ0v) is 17.1. The second-order valence-electron chi connectivity index (χ2n) is 7.91. The quantitative estimate of drug-likeness (QED) is 0.755. The van der Waals surface area contributed by atoms with Crippen LogP contribution in [0.15, 0.2) is 48.5 Å². The molecule has 1 N–H and O–H groups in total. The molecule has 2 aromatic carbocycles. The summed E-state index contributed by atoms with van der Waals surface area (Å²) in [6, 6.07) is 14.6. The van der Waals surface area contributed by atoms with Gasteiger partial charge in [-0.25, -0.2) is 4.79 Å². The predicted octanol–water partition coefficient (Wildman–Crippen LogP) is 5.35. The predicted molar refractivity (Wildman–Crippen MR) is 111 cm³/mol. The monoisotopic (exact) mass is 400 g/mol. The Bertz CT molecular complexity index is 859. The maximum Gasteiger partial charge on any atom is 0.410 e. The molecule has 28 heavy (non-hydrogen) atoms. The van der Waals surface area contributed by atoms with Crippen LogP contribution in [-0.4, -0.2) is 35.1 Å². The molecule has 3 rings (SSSR count). The van der Waals surface area contributed by atoms with Crippen LogP contribution in [0.4, 0.5) is 10.5 Å². The van der Waals surface area contributed by atoms with Gasteiger partial charge in [-0.05, 0) is 69.0 Å². The first-order valence-corrected chi connectivity index (χ1v) is 9.77. The minimum absolute atomic E-state index is 0.198. The van der Waals surface area contributed by atoms with Crippen molar-refractivity contribution in [2.45, 2.75) is 45.3 Å².